The molecule has 1 aliphatic carbocycles. The van der Waals surface area contributed by atoms with Crippen molar-refractivity contribution in [3.8, 4) is 0 Å². The fraction of sp³-hybridized carbons (Fsp3) is 0.917. The molecule has 1 N–H and O–H groups in total. The molecule has 0 aromatic carbocycles. The zero-order chi connectivity index (χ0) is 12.9. The van der Waals surface area contributed by atoms with Crippen molar-refractivity contribution in [1.82, 2.24) is 5.32 Å². The largest absolute Gasteiger partial charge is 0.356 e. The molecule has 1 saturated carbocycles. The molecule has 1 rings (SSSR count). The molecular weight excluding hydrogens is 248 g/mol. The maximum atomic E-state index is 12.9. The van der Waals surface area contributed by atoms with Gasteiger partial charge >= 0.3 is 0 Å². The van der Waals surface area contributed by atoms with Crippen molar-refractivity contribution in [2.75, 3.05) is 12.4 Å². The fourth-order valence-corrected chi connectivity index (χ4v) is 2.38. The number of carbonyl (C=O) groups excluding carboxylic acids is 1. The van der Waals surface area contributed by atoms with Gasteiger partial charge in [0, 0.05) is 31.2 Å². The summed E-state index contributed by atoms with van der Waals surface area (Å²) >= 11 is 5.60. The standard InChI is InChI=1S/C12H20ClF2NO/c1-9(4-7-13)8-16-11(17)10-2-5-12(14,15)6-3-10/h9-10H,2-8H2,1H3,(H,16,17). The van der Waals surface area contributed by atoms with Crippen LogP contribution in [0, 0.1) is 11.8 Å². The lowest BCUT2D eigenvalue weighted by molar-refractivity contribution is -0.129. The first kappa shape index (κ1) is 14.7. The number of hydrogen-bond acceptors (Lipinski definition) is 1. The van der Waals surface area contributed by atoms with Crippen molar-refractivity contribution >= 4 is 17.5 Å². The Balaban J connectivity index is 2.25. The molecule has 17 heavy (non-hydrogen) atoms. The Labute approximate surface area is 106 Å². The van der Waals surface area contributed by atoms with E-state index in [0.29, 0.717) is 31.2 Å². The van der Waals surface area contributed by atoms with Crippen molar-refractivity contribution in [3.05, 3.63) is 0 Å². The summed E-state index contributed by atoms with van der Waals surface area (Å²) in [6, 6.07) is 0. The van der Waals surface area contributed by atoms with Gasteiger partial charge in [-0.25, -0.2) is 8.78 Å². The van der Waals surface area contributed by atoms with Crippen LogP contribution >= 0.6 is 11.6 Å². The monoisotopic (exact) mass is 267 g/mol. The molecule has 0 aliphatic heterocycles. The van der Waals surface area contributed by atoms with E-state index in [1.165, 1.54) is 0 Å². The highest BCUT2D eigenvalue weighted by Crippen LogP contribution is 2.36. The van der Waals surface area contributed by atoms with Gasteiger partial charge in [-0.2, -0.15) is 0 Å². The molecule has 2 nitrogen and oxygen atoms in total. The predicted octanol–water partition coefficient (Wildman–Crippen LogP) is 3.19. The Hall–Kier alpha value is -0.380. The van der Waals surface area contributed by atoms with Gasteiger partial charge in [0.2, 0.25) is 11.8 Å². The van der Waals surface area contributed by atoms with Crippen molar-refractivity contribution in [3.63, 3.8) is 0 Å². The zero-order valence-corrected chi connectivity index (χ0v) is 10.9. The highest BCUT2D eigenvalue weighted by atomic mass is 35.5. The summed E-state index contributed by atoms with van der Waals surface area (Å²) in [5, 5.41) is 2.82. The van der Waals surface area contributed by atoms with Crippen LogP contribution in [0.25, 0.3) is 0 Å². The van der Waals surface area contributed by atoms with Gasteiger partial charge in [0.25, 0.3) is 0 Å². The van der Waals surface area contributed by atoms with E-state index in [1.807, 2.05) is 6.92 Å². The summed E-state index contributed by atoms with van der Waals surface area (Å²) in [6.45, 7) is 2.59. The van der Waals surface area contributed by atoms with Crippen LogP contribution in [0.4, 0.5) is 8.78 Å². The molecule has 1 unspecified atom stereocenters. The van der Waals surface area contributed by atoms with E-state index in [9.17, 15) is 13.6 Å². The number of amides is 1. The van der Waals surface area contributed by atoms with Gasteiger partial charge in [-0.1, -0.05) is 6.92 Å². The number of carbonyl (C=O) groups is 1. The average molecular weight is 268 g/mol. The number of alkyl halides is 3. The van der Waals surface area contributed by atoms with Gasteiger partial charge in [0.05, 0.1) is 0 Å². The SMILES string of the molecule is CC(CCCl)CNC(=O)C1CCC(F)(F)CC1. The van der Waals surface area contributed by atoms with E-state index in [4.69, 9.17) is 11.6 Å². The molecule has 0 spiro atoms. The first-order valence-electron chi connectivity index (χ1n) is 6.16. The van der Waals surface area contributed by atoms with Gasteiger partial charge in [0.1, 0.15) is 0 Å². The molecule has 0 bridgehead atoms. The van der Waals surface area contributed by atoms with E-state index < -0.39 is 5.92 Å². The van der Waals surface area contributed by atoms with Crippen molar-refractivity contribution in [1.29, 1.82) is 0 Å². The lowest BCUT2D eigenvalue weighted by Crippen LogP contribution is -2.37. The second kappa shape index (κ2) is 6.53. The molecule has 100 valence electrons. The number of nitrogens with one attached hydrogen (secondary N) is 1. The lowest BCUT2D eigenvalue weighted by Gasteiger charge is -2.27. The Morgan fingerprint density at radius 3 is 2.59 bits per heavy atom. The van der Waals surface area contributed by atoms with Crippen LogP contribution in [-0.2, 0) is 4.79 Å². The lowest BCUT2D eigenvalue weighted by atomic mass is 9.86. The summed E-state index contributed by atoms with van der Waals surface area (Å²) in [6.07, 6.45) is 1.11. The minimum atomic E-state index is -2.57. The van der Waals surface area contributed by atoms with Crippen LogP contribution in [0.3, 0.4) is 0 Å². The van der Waals surface area contributed by atoms with Crippen molar-refractivity contribution in [2.45, 2.75) is 45.0 Å². The van der Waals surface area contributed by atoms with Crippen LogP contribution in [-0.4, -0.2) is 24.3 Å². The fourth-order valence-electron chi connectivity index (χ4n) is 2.01. The van der Waals surface area contributed by atoms with Crippen LogP contribution in [0.15, 0.2) is 0 Å². The van der Waals surface area contributed by atoms with E-state index in [-0.39, 0.29) is 24.7 Å². The second-order valence-electron chi connectivity index (χ2n) is 4.96. The van der Waals surface area contributed by atoms with Crippen molar-refractivity contribution in [2.24, 2.45) is 11.8 Å². The predicted molar refractivity (Wildman–Crippen MR) is 64.4 cm³/mol. The third-order valence-electron chi connectivity index (χ3n) is 3.31. The molecule has 1 aliphatic rings. The minimum absolute atomic E-state index is 0.0816. The molecule has 5 heteroatoms. The first-order chi connectivity index (χ1) is 7.94. The van der Waals surface area contributed by atoms with Crippen LogP contribution in [0.5, 0.6) is 0 Å². The van der Waals surface area contributed by atoms with Crippen LogP contribution in [0.2, 0.25) is 0 Å². The van der Waals surface area contributed by atoms with Crippen LogP contribution in [0.1, 0.15) is 39.0 Å². The maximum absolute atomic E-state index is 12.9. The number of rotatable bonds is 5. The molecule has 0 aromatic heterocycles. The Morgan fingerprint density at radius 2 is 2.06 bits per heavy atom. The smallest absolute Gasteiger partial charge is 0.248 e. The second-order valence-corrected chi connectivity index (χ2v) is 5.34. The van der Waals surface area contributed by atoms with Gasteiger partial charge in [-0.3, -0.25) is 4.79 Å². The summed E-state index contributed by atoms with van der Waals surface area (Å²) < 4.78 is 25.8. The van der Waals surface area contributed by atoms with Crippen molar-refractivity contribution < 1.29 is 13.6 Å². The molecule has 0 heterocycles. The molecule has 0 saturated heterocycles. The van der Waals surface area contributed by atoms with E-state index in [1.54, 1.807) is 0 Å². The summed E-state index contributed by atoms with van der Waals surface area (Å²) in [4.78, 5) is 11.7. The third-order valence-corrected chi connectivity index (χ3v) is 3.53. The summed E-state index contributed by atoms with van der Waals surface area (Å²) in [7, 11) is 0. The van der Waals surface area contributed by atoms with Gasteiger partial charge in [-0.15, -0.1) is 11.6 Å². The summed E-state index contributed by atoms with van der Waals surface area (Å²) in [5.74, 6) is -1.98. The van der Waals surface area contributed by atoms with E-state index in [2.05, 4.69) is 5.32 Å². The van der Waals surface area contributed by atoms with E-state index in [0.717, 1.165) is 6.42 Å². The molecule has 1 amide bonds. The third kappa shape index (κ3) is 5.19. The topological polar surface area (TPSA) is 29.1 Å². The highest BCUT2D eigenvalue weighted by Gasteiger charge is 2.37. The maximum Gasteiger partial charge on any atom is 0.248 e. The normalized spacial score (nSPS) is 22.1. The summed E-state index contributed by atoms with van der Waals surface area (Å²) in [5.41, 5.74) is 0. The quantitative estimate of drug-likeness (QED) is 0.762. The van der Waals surface area contributed by atoms with Gasteiger partial charge < -0.3 is 5.32 Å². The number of halogens is 3. The molecule has 1 fully saturated rings. The minimum Gasteiger partial charge on any atom is -0.356 e. The van der Waals surface area contributed by atoms with E-state index >= 15 is 0 Å². The zero-order valence-electron chi connectivity index (χ0n) is 10.1. The molecular formula is C12H20ClF2NO. The Bertz CT molecular complexity index is 251. The van der Waals surface area contributed by atoms with Crippen LogP contribution < -0.4 is 5.32 Å². The average Bonchev–Trinajstić information content (AvgIpc) is 2.26. The van der Waals surface area contributed by atoms with Gasteiger partial charge in [0.15, 0.2) is 0 Å². The Morgan fingerprint density at radius 1 is 1.47 bits per heavy atom. The Kier molecular flexibility index (Phi) is 5.63. The molecule has 0 aromatic rings. The first-order valence-corrected chi connectivity index (χ1v) is 6.69. The highest BCUT2D eigenvalue weighted by molar-refractivity contribution is 6.17. The van der Waals surface area contributed by atoms with Gasteiger partial charge in [-0.05, 0) is 25.2 Å². The molecule has 1 atom stereocenters. The molecule has 0 radical (unpaired) electrons. The number of hydrogen-bond donors (Lipinski definition) is 1.